The summed E-state index contributed by atoms with van der Waals surface area (Å²) in [6.07, 6.45) is 0.983. The van der Waals surface area contributed by atoms with Gasteiger partial charge in [0.15, 0.2) is 0 Å². The predicted octanol–water partition coefficient (Wildman–Crippen LogP) is 1.19. The van der Waals surface area contributed by atoms with Crippen LogP contribution in [0.5, 0.6) is 0 Å². The number of hydrogen-bond donors (Lipinski definition) is 2. The van der Waals surface area contributed by atoms with Crippen molar-refractivity contribution in [1.29, 1.82) is 0 Å². The number of amides is 3. The molecule has 1 aromatic heterocycles. The highest BCUT2D eigenvalue weighted by Crippen LogP contribution is 2.19. The molecule has 0 spiro atoms. The summed E-state index contributed by atoms with van der Waals surface area (Å²) in [6, 6.07) is 8.34. The molecule has 0 fully saturated rings. The molecule has 9 nitrogen and oxygen atoms in total. The lowest BCUT2D eigenvalue weighted by Crippen LogP contribution is -2.44. The third-order valence-corrected chi connectivity index (χ3v) is 3.35. The van der Waals surface area contributed by atoms with Crippen molar-refractivity contribution < 1.29 is 14.5 Å². The lowest BCUT2D eigenvalue weighted by Gasteiger charge is -2.19. The van der Waals surface area contributed by atoms with Crippen LogP contribution in [0, 0.1) is 10.1 Å². The fraction of sp³-hybridized carbons (Fsp3) is 0.188. The number of nitro groups is 1. The van der Waals surface area contributed by atoms with Crippen molar-refractivity contribution in [2.45, 2.75) is 13.0 Å². The van der Waals surface area contributed by atoms with Crippen LogP contribution in [0.2, 0.25) is 0 Å². The Bertz CT molecular complexity index is 847. The van der Waals surface area contributed by atoms with Crippen molar-refractivity contribution in [3.63, 3.8) is 0 Å². The summed E-state index contributed by atoms with van der Waals surface area (Å²) in [5.74, 6) is -0.778. The molecule has 0 aliphatic rings. The molecule has 2 aromatic rings. The topological polar surface area (TPSA) is 123 Å². The Kier molecular flexibility index (Phi) is 5.62. The van der Waals surface area contributed by atoms with Gasteiger partial charge in [-0.3, -0.25) is 29.6 Å². The van der Waals surface area contributed by atoms with Crippen LogP contribution in [0.25, 0.3) is 0 Å². The van der Waals surface area contributed by atoms with Crippen molar-refractivity contribution in [3.05, 3.63) is 74.7 Å². The maximum absolute atomic E-state index is 12.6. The normalized spacial score (nSPS) is 11.4. The van der Waals surface area contributed by atoms with E-state index in [0.29, 0.717) is 12.1 Å². The van der Waals surface area contributed by atoms with Crippen LogP contribution in [0.4, 0.5) is 10.5 Å². The molecule has 0 radical (unpaired) electrons. The third kappa shape index (κ3) is 4.28. The number of urea groups is 1. The van der Waals surface area contributed by atoms with E-state index < -0.39 is 28.5 Å². The highest BCUT2D eigenvalue weighted by molar-refractivity contribution is 5.97. The van der Waals surface area contributed by atoms with Gasteiger partial charge >= 0.3 is 6.03 Å². The maximum Gasteiger partial charge on any atom is 0.321 e. The first-order valence-corrected chi connectivity index (χ1v) is 7.44. The zero-order valence-electron chi connectivity index (χ0n) is 13.3. The molecule has 3 amide bonds. The molecule has 1 aromatic carbocycles. The molecule has 0 aliphatic carbocycles. The molecule has 0 bridgehead atoms. The monoisotopic (exact) mass is 344 g/mol. The summed E-state index contributed by atoms with van der Waals surface area (Å²) in [6.45, 7) is 2.00. The maximum atomic E-state index is 12.6. The van der Waals surface area contributed by atoms with Crippen molar-refractivity contribution in [1.82, 2.24) is 15.2 Å². The lowest BCUT2D eigenvalue weighted by molar-refractivity contribution is -0.385. The van der Waals surface area contributed by atoms with E-state index in [1.54, 1.807) is 37.3 Å². The summed E-state index contributed by atoms with van der Waals surface area (Å²) in [5, 5.41) is 15.5. The van der Waals surface area contributed by atoms with Crippen molar-refractivity contribution >= 4 is 17.6 Å². The summed E-state index contributed by atoms with van der Waals surface area (Å²) in [4.78, 5) is 46.7. The second kappa shape index (κ2) is 7.86. The smallest absolute Gasteiger partial charge is 0.321 e. The van der Waals surface area contributed by atoms with Gasteiger partial charge in [0.25, 0.3) is 17.2 Å². The van der Waals surface area contributed by atoms with E-state index in [4.69, 9.17) is 0 Å². The Morgan fingerprint density at radius 1 is 1.20 bits per heavy atom. The van der Waals surface area contributed by atoms with Gasteiger partial charge in [0, 0.05) is 18.7 Å². The quantitative estimate of drug-likeness (QED) is 0.623. The largest absolute Gasteiger partial charge is 0.338 e. The molecule has 1 atom stereocenters. The molecular weight excluding hydrogens is 328 g/mol. The molecule has 0 aliphatic heterocycles. The number of carbonyl (C=O) groups is 2. The average molecular weight is 344 g/mol. The minimum atomic E-state index is -1.23. The van der Waals surface area contributed by atoms with Crippen LogP contribution in [0.15, 0.2) is 53.5 Å². The number of hydrogen-bond acceptors (Lipinski definition) is 5. The highest BCUT2D eigenvalue weighted by Gasteiger charge is 2.26. The Labute approximate surface area is 142 Å². The number of imide groups is 1. The Morgan fingerprint density at radius 3 is 2.48 bits per heavy atom. The van der Waals surface area contributed by atoms with E-state index in [9.17, 15) is 24.5 Å². The highest BCUT2D eigenvalue weighted by atomic mass is 16.6. The minimum absolute atomic E-state index is 0.311. The molecule has 0 saturated heterocycles. The summed E-state index contributed by atoms with van der Waals surface area (Å²) in [7, 11) is 0. The Morgan fingerprint density at radius 2 is 1.88 bits per heavy atom. The number of carbonyl (C=O) groups excluding carboxylic acids is 2. The molecule has 1 heterocycles. The number of aromatic nitrogens is 1. The van der Waals surface area contributed by atoms with Gasteiger partial charge < -0.3 is 5.32 Å². The van der Waals surface area contributed by atoms with Crippen LogP contribution >= 0.6 is 0 Å². The van der Waals surface area contributed by atoms with E-state index in [1.165, 1.54) is 0 Å². The predicted molar refractivity (Wildman–Crippen MR) is 89.2 cm³/mol. The molecular formula is C16H16N4O5. The van der Waals surface area contributed by atoms with Gasteiger partial charge in [-0.25, -0.2) is 4.79 Å². The van der Waals surface area contributed by atoms with E-state index in [-0.39, 0.29) is 5.69 Å². The number of benzene rings is 1. The molecule has 130 valence electrons. The van der Waals surface area contributed by atoms with E-state index in [1.807, 2.05) is 0 Å². The number of nitrogens with one attached hydrogen (secondary N) is 2. The van der Waals surface area contributed by atoms with E-state index in [2.05, 4.69) is 10.6 Å². The lowest BCUT2D eigenvalue weighted by atomic mass is 10.1. The molecule has 0 saturated carbocycles. The first-order chi connectivity index (χ1) is 11.9. The molecule has 25 heavy (non-hydrogen) atoms. The van der Waals surface area contributed by atoms with Crippen molar-refractivity contribution in [2.75, 3.05) is 6.54 Å². The first kappa shape index (κ1) is 17.9. The van der Waals surface area contributed by atoms with Gasteiger partial charge in [0.05, 0.1) is 11.1 Å². The molecule has 9 heteroatoms. The third-order valence-electron chi connectivity index (χ3n) is 3.35. The zero-order chi connectivity index (χ0) is 18.4. The van der Waals surface area contributed by atoms with Gasteiger partial charge in [-0.1, -0.05) is 30.3 Å². The second-order valence-corrected chi connectivity index (χ2v) is 5.05. The number of pyridine rings is 1. The van der Waals surface area contributed by atoms with Crippen LogP contribution in [0.1, 0.15) is 18.5 Å². The van der Waals surface area contributed by atoms with Crippen molar-refractivity contribution in [3.8, 4) is 0 Å². The van der Waals surface area contributed by atoms with Gasteiger partial charge in [-0.2, -0.15) is 0 Å². The van der Waals surface area contributed by atoms with Gasteiger partial charge in [-0.15, -0.1) is 0 Å². The Balaban J connectivity index is 2.51. The molecule has 2 N–H and O–H groups in total. The van der Waals surface area contributed by atoms with E-state index >= 15 is 0 Å². The average Bonchev–Trinajstić information content (AvgIpc) is 2.57. The van der Waals surface area contributed by atoms with E-state index in [0.717, 1.165) is 22.9 Å². The summed E-state index contributed by atoms with van der Waals surface area (Å²) >= 11 is 0. The second-order valence-electron chi connectivity index (χ2n) is 5.05. The van der Waals surface area contributed by atoms with Crippen molar-refractivity contribution in [2.24, 2.45) is 0 Å². The first-order valence-electron chi connectivity index (χ1n) is 7.44. The van der Waals surface area contributed by atoms with Crippen LogP contribution in [-0.4, -0.2) is 28.0 Å². The minimum Gasteiger partial charge on any atom is -0.338 e. The fourth-order valence-corrected chi connectivity index (χ4v) is 2.26. The standard InChI is InChI=1S/C16H16N4O5/c1-2-17-16(23)18-15(22)14(11-6-4-3-5-7-11)19-10-12(20(24)25)8-9-13(19)21/h3-10,14H,2H2,1H3,(H2,17,18,22,23)/t14-/m1/s1. The van der Waals surface area contributed by atoms with Crippen LogP contribution in [0.3, 0.4) is 0 Å². The Hall–Kier alpha value is -3.49. The molecule has 0 unspecified atom stereocenters. The zero-order valence-corrected chi connectivity index (χ0v) is 13.3. The fourth-order valence-electron chi connectivity index (χ4n) is 2.26. The summed E-state index contributed by atoms with van der Waals surface area (Å²) < 4.78 is 0.933. The van der Waals surface area contributed by atoms with Gasteiger partial charge in [0.1, 0.15) is 6.04 Å². The molecule has 2 rings (SSSR count). The van der Waals surface area contributed by atoms with Gasteiger partial charge in [0.2, 0.25) is 0 Å². The van der Waals surface area contributed by atoms with Crippen LogP contribution in [-0.2, 0) is 4.79 Å². The van der Waals surface area contributed by atoms with Gasteiger partial charge in [-0.05, 0) is 12.5 Å². The number of rotatable bonds is 5. The number of nitrogens with zero attached hydrogens (tertiary/aromatic N) is 2. The van der Waals surface area contributed by atoms with Crippen LogP contribution < -0.4 is 16.2 Å². The summed E-state index contributed by atoms with van der Waals surface area (Å²) in [5.41, 5.74) is -0.538. The SMILES string of the molecule is CCNC(=O)NC(=O)[C@@H](c1ccccc1)n1cc([N+](=O)[O-])ccc1=O.